The molecule has 1 N–H and O–H groups in total. The summed E-state index contributed by atoms with van der Waals surface area (Å²) in [5.74, 6) is 0.248. The third-order valence-corrected chi connectivity index (χ3v) is 3.32. The van der Waals surface area contributed by atoms with E-state index in [4.69, 9.17) is 14.2 Å². The van der Waals surface area contributed by atoms with Crippen LogP contribution in [0.15, 0.2) is 54.6 Å². The average molecular weight is 355 g/mol. The quantitative estimate of drug-likeness (QED) is 0.581. The molecule has 0 aliphatic heterocycles. The number of carbonyl (C=O) groups excluding carboxylic acids is 2. The van der Waals surface area contributed by atoms with E-state index in [0.29, 0.717) is 23.8 Å². The first-order valence-corrected chi connectivity index (χ1v) is 8.13. The predicted molar refractivity (Wildman–Crippen MR) is 99.2 cm³/mol. The zero-order chi connectivity index (χ0) is 18.8. The van der Waals surface area contributed by atoms with Gasteiger partial charge in [0.05, 0.1) is 13.7 Å². The molecule has 0 saturated carbocycles. The molecule has 2 rings (SSSR count). The van der Waals surface area contributed by atoms with Gasteiger partial charge in [-0.3, -0.25) is 4.79 Å². The fourth-order valence-electron chi connectivity index (χ4n) is 2.15. The van der Waals surface area contributed by atoms with Crippen LogP contribution in [0.2, 0.25) is 0 Å². The van der Waals surface area contributed by atoms with Gasteiger partial charge in [-0.2, -0.15) is 0 Å². The minimum Gasteiger partial charge on any atom is -0.497 e. The van der Waals surface area contributed by atoms with Crippen molar-refractivity contribution >= 4 is 23.6 Å². The number of para-hydroxylation sites is 1. The number of nitrogens with one attached hydrogen (secondary N) is 1. The molecule has 2 aromatic rings. The fraction of sp³-hybridized carbons (Fsp3) is 0.200. The van der Waals surface area contributed by atoms with Crippen molar-refractivity contribution in [2.75, 3.05) is 25.6 Å². The van der Waals surface area contributed by atoms with Crippen LogP contribution in [0.1, 0.15) is 12.5 Å². The second-order valence-corrected chi connectivity index (χ2v) is 5.19. The van der Waals surface area contributed by atoms with Crippen LogP contribution in [0, 0.1) is 0 Å². The van der Waals surface area contributed by atoms with Crippen LogP contribution < -0.4 is 14.8 Å². The third-order valence-electron chi connectivity index (χ3n) is 3.32. The lowest BCUT2D eigenvalue weighted by atomic mass is 10.2. The number of hydrogen-bond donors (Lipinski definition) is 1. The van der Waals surface area contributed by atoms with Crippen molar-refractivity contribution in [1.82, 2.24) is 0 Å². The molecule has 0 bridgehead atoms. The first-order chi connectivity index (χ1) is 12.6. The van der Waals surface area contributed by atoms with Gasteiger partial charge in [0, 0.05) is 23.4 Å². The average Bonchev–Trinajstić information content (AvgIpc) is 2.66. The lowest BCUT2D eigenvalue weighted by Gasteiger charge is -2.07. The number of rotatable bonds is 8. The first kappa shape index (κ1) is 19.1. The Morgan fingerprint density at radius 2 is 1.92 bits per heavy atom. The summed E-state index contributed by atoms with van der Waals surface area (Å²) < 4.78 is 15.5. The molecule has 0 spiro atoms. The Labute approximate surface area is 152 Å². The summed E-state index contributed by atoms with van der Waals surface area (Å²) in [5, 5.41) is 2.63. The number of anilines is 1. The van der Waals surface area contributed by atoms with Crippen LogP contribution in [0.5, 0.6) is 11.5 Å². The molecule has 136 valence electrons. The lowest BCUT2D eigenvalue weighted by Crippen LogP contribution is -2.20. The van der Waals surface area contributed by atoms with Crippen LogP contribution in [-0.2, 0) is 14.3 Å². The van der Waals surface area contributed by atoms with E-state index >= 15 is 0 Å². The summed E-state index contributed by atoms with van der Waals surface area (Å²) in [6.45, 7) is 2.03. The third kappa shape index (κ3) is 5.98. The van der Waals surface area contributed by atoms with Gasteiger partial charge in [0.2, 0.25) is 0 Å². The Kier molecular flexibility index (Phi) is 7.24. The molecule has 0 aliphatic carbocycles. The summed E-state index contributed by atoms with van der Waals surface area (Å²) >= 11 is 0. The molecule has 0 aromatic heterocycles. The van der Waals surface area contributed by atoms with Gasteiger partial charge in [-0.05, 0) is 31.2 Å². The summed E-state index contributed by atoms with van der Waals surface area (Å²) in [7, 11) is 1.54. The highest BCUT2D eigenvalue weighted by Gasteiger charge is 2.07. The van der Waals surface area contributed by atoms with E-state index in [1.54, 1.807) is 37.5 Å². The highest BCUT2D eigenvalue weighted by molar-refractivity contribution is 5.94. The van der Waals surface area contributed by atoms with Crippen molar-refractivity contribution in [3.05, 3.63) is 60.2 Å². The highest BCUT2D eigenvalue weighted by atomic mass is 16.5. The Hall–Kier alpha value is -3.28. The van der Waals surface area contributed by atoms with E-state index in [2.05, 4.69) is 5.32 Å². The van der Waals surface area contributed by atoms with E-state index in [-0.39, 0.29) is 6.61 Å². The van der Waals surface area contributed by atoms with Gasteiger partial charge in [0.1, 0.15) is 11.5 Å². The summed E-state index contributed by atoms with van der Waals surface area (Å²) in [6, 6.07) is 14.2. The van der Waals surface area contributed by atoms with Crippen molar-refractivity contribution in [1.29, 1.82) is 0 Å². The van der Waals surface area contributed by atoms with Crippen molar-refractivity contribution in [3.63, 3.8) is 0 Å². The van der Waals surface area contributed by atoms with Crippen molar-refractivity contribution in [2.45, 2.75) is 6.92 Å². The smallest absolute Gasteiger partial charge is 0.331 e. The molecule has 0 heterocycles. The summed E-state index contributed by atoms with van der Waals surface area (Å²) in [4.78, 5) is 23.6. The predicted octanol–water partition coefficient (Wildman–Crippen LogP) is 3.29. The Morgan fingerprint density at radius 3 is 2.69 bits per heavy atom. The Balaban J connectivity index is 1.85. The number of carbonyl (C=O) groups is 2. The van der Waals surface area contributed by atoms with E-state index in [1.165, 1.54) is 6.08 Å². The molecule has 0 atom stereocenters. The largest absolute Gasteiger partial charge is 0.497 e. The van der Waals surface area contributed by atoms with Gasteiger partial charge in [-0.15, -0.1) is 0 Å². The molecule has 0 radical (unpaired) electrons. The molecule has 0 aliphatic rings. The topological polar surface area (TPSA) is 73.9 Å². The van der Waals surface area contributed by atoms with Gasteiger partial charge in [-0.25, -0.2) is 4.79 Å². The fourth-order valence-corrected chi connectivity index (χ4v) is 2.15. The van der Waals surface area contributed by atoms with Gasteiger partial charge >= 0.3 is 5.97 Å². The maximum Gasteiger partial charge on any atom is 0.331 e. The van der Waals surface area contributed by atoms with Crippen LogP contribution in [0.25, 0.3) is 6.08 Å². The second-order valence-electron chi connectivity index (χ2n) is 5.19. The minimum absolute atomic E-state index is 0.381. The SMILES string of the molecule is CCOc1ccccc1/C=C/C(=O)OCC(=O)Nc1cccc(OC)c1. The number of ether oxygens (including phenoxy) is 3. The molecule has 1 amide bonds. The maximum atomic E-state index is 11.9. The molecule has 0 saturated heterocycles. The number of benzene rings is 2. The zero-order valence-corrected chi connectivity index (χ0v) is 14.7. The molecule has 6 nitrogen and oxygen atoms in total. The normalized spacial score (nSPS) is 10.4. The van der Waals surface area contributed by atoms with Crippen molar-refractivity contribution in [2.24, 2.45) is 0 Å². The Bertz CT molecular complexity index is 785. The van der Waals surface area contributed by atoms with Gasteiger partial charge in [0.15, 0.2) is 6.61 Å². The van der Waals surface area contributed by atoms with Gasteiger partial charge in [0.25, 0.3) is 5.91 Å². The first-order valence-electron chi connectivity index (χ1n) is 8.13. The summed E-state index contributed by atoms with van der Waals surface area (Å²) in [6.07, 6.45) is 2.85. The minimum atomic E-state index is -0.614. The number of esters is 1. The molecule has 2 aromatic carbocycles. The van der Waals surface area contributed by atoms with E-state index in [9.17, 15) is 9.59 Å². The maximum absolute atomic E-state index is 11.9. The standard InChI is InChI=1S/C20H21NO5/c1-3-25-18-10-5-4-7-15(18)11-12-20(23)26-14-19(22)21-16-8-6-9-17(13-16)24-2/h4-13H,3,14H2,1-2H3,(H,21,22)/b12-11+. The van der Waals surface area contributed by atoms with Crippen LogP contribution >= 0.6 is 0 Å². The van der Waals surface area contributed by atoms with Crippen LogP contribution in [0.4, 0.5) is 5.69 Å². The molecule has 6 heteroatoms. The van der Waals surface area contributed by atoms with Gasteiger partial charge < -0.3 is 19.5 Å². The van der Waals surface area contributed by atoms with Crippen molar-refractivity contribution in [3.8, 4) is 11.5 Å². The summed E-state index contributed by atoms with van der Waals surface area (Å²) in [5.41, 5.74) is 1.32. The molecule has 0 unspecified atom stereocenters. The van der Waals surface area contributed by atoms with Gasteiger partial charge in [-0.1, -0.05) is 24.3 Å². The van der Waals surface area contributed by atoms with Crippen LogP contribution in [0.3, 0.4) is 0 Å². The highest BCUT2D eigenvalue weighted by Crippen LogP contribution is 2.19. The van der Waals surface area contributed by atoms with E-state index < -0.39 is 11.9 Å². The zero-order valence-electron chi connectivity index (χ0n) is 14.7. The van der Waals surface area contributed by atoms with Crippen LogP contribution in [-0.4, -0.2) is 32.2 Å². The molecular formula is C20H21NO5. The van der Waals surface area contributed by atoms with E-state index in [1.807, 2.05) is 31.2 Å². The molecule has 26 heavy (non-hydrogen) atoms. The number of amides is 1. The second kappa shape index (κ2) is 9.88. The molecule has 0 fully saturated rings. The molecular weight excluding hydrogens is 334 g/mol. The monoisotopic (exact) mass is 355 g/mol. The lowest BCUT2D eigenvalue weighted by molar-refractivity contribution is -0.142. The number of methoxy groups -OCH3 is 1. The number of hydrogen-bond acceptors (Lipinski definition) is 5. The van der Waals surface area contributed by atoms with E-state index in [0.717, 1.165) is 5.56 Å². The van der Waals surface area contributed by atoms with Crippen molar-refractivity contribution < 1.29 is 23.8 Å². The Morgan fingerprint density at radius 1 is 1.12 bits per heavy atom.